The van der Waals surface area contributed by atoms with Crippen molar-refractivity contribution in [2.45, 2.75) is 61.4 Å². The predicted octanol–water partition coefficient (Wildman–Crippen LogP) is -5.74. The Balaban J connectivity index is 2.35. The maximum Gasteiger partial charge on any atom is 0.397 e. The van der Waals surface area contributed by atoms with Crippen molar-refractivity contribution in [3.63, 3.8) is 0 Å². The van der Waals surface area contributed by atoms with Gasteiger partial charge in [-0.2, -0.15) is 16.8 Å². The van der Waals surface area contributed by atoms with Gasteiger partial charge < -0.3 is 44.8 Å². The number of rotatable bonds is 8. The topological polar surface area (TPSA) is 276 Å². The Labute approximate surface area is 175 Å². The summed E-state index contributed by atoms with van der Waals surface area (Å²) < 4.78 is 85.2. The van der Waals surface area contributed by atoms with Crippen molar-refractivity contribution in [3.05, 3.63) is 0 Å². The zero-order valence-corrected chi connectivity index (χ0v) is 16.9. The molecule has 0 aromatic heterocycles. The summed E-state index contributed by atoms with van der Waals surface area (Å²) in [5.41, 5.74) is 0. The van der Waals surface area contributed by atoms with Crippen molar-refractivity contribution in [3.8, 4) is 0 Å². The lowest BCUT2D eigenvalue weighted by molar-refractivity contribution is -0.352. The molecule has 10 atom stereocenters. The Morgan fingerprint density at radius 2 is 1.35 bits per heavy atom. The smallest absolute Gasteiger partial charge is 0.394 e. The highest BCUT2D eigenvalue weighted by molar-refractivity contribution is 7.81. The fourth-order valence-electron chi connectivity index (χ4n) is 2.94. The maximum atomic E-state index is 11.2. The number of aliphatic hydroxyl groups is 6. The Kier molecular flexibility index (Phi) is 8.68. The van der Waals surface area contributed by atoms with Gasteiger partial charge in [-0.25, -0.2) is 8.37 Å². The van der Waals surface area contributed by atoms with E-state index in [0.717, 1.165) is 0 Å². The third kappa shape index (κ3) is 6.93. The van der Waals surface area contributed by atoms with Crippen LogP contribution in [0.4, 0.5) is 0 Å². The maximum absolute atomic E-state index is 11.2. The molecule has 2 fully saturated rings. The Hall–Kier alpha value is -0.620. The molecule has 0 bridgehead atoms. The van der Waals surface area contributed by atoms with Crippen LogP contribution in [0.25, 0.3) is 0 Å². The second kappa shape index (κ2) is 10.1. The molecule has 0 amide bonds. The van der Waals surface area contributed by atoms with E-state index in [2.05, 4.69) is 8.37 Å². The van der Waals surface area contributed by atoms with E-state index in [1.54, 1.807) is 0 Å². The van der Waals surface area contributed by atoms with Crippen LogP contribution in [0.3, 0.4) is 0 Å². The lowest BCUT2D eigenvalue weighted by atomic mass is 9.97. The van der Waals surface area contributed by atoms with Crippen molar-refractivity contribution in [2.75, 3.05) is 13.2 Å². The van der Waals surface area contributed by atoms with Gasteiger partial charge >= 0.3 is 20.8 Å². The number of hydrogen-bond acceptors (Lipinski definition) is 15. The molecule has 0 saturated carbocycles. The van der Waals surface area contributed by atoms with E-state index in [0.29, 0.717) is 0 Å². The third-order valence-corrected chi connectivity index (χ3v) is 5.29. The van der Waals surface area contributed by atoms with Crippen molar-refractivity contribution in [2.24, 2.45) is 0 Å². The molecule has 0 unspecified atom stereocenters. The molecule has 31 heavy (non-hydrogen) atoms. The first-order valence-electron chi connectivity index (χ1n) is 8.39. The molecule has 0 spiro atoms. The molecule has 17 nitrogen and oxygen atoms in total. The van der Waals surface area contributed by atoms with Crippen LogP contribution in [-0.2, 0) is 43.4 Å². The first-order chi connectivity index (χ1) is 14.1. The van der Waals surface area contributed by atoms with E-state index >= 15 is 0 Å². The van der Waals surface area contributed by atoms with E-state index in [-0.39, 0.29) is 0 Å². The molecule has 8 N–H and O–H groups in total. The largest absolute Gasteiger partial charge is 0.397 e. The zero-order valence-electron chi connectivity index (χ0n) is 15.3. The van der Waals surface area contributed by atoms with Gasteiger partial charge in [-0.05, 0) is 0 Å². The molecule has 2 saturated heterocycles. The minimum atomic E-state index is -5.32. The Morgan fingerprint density at radius 1 is 0.742 bits per heavy atom. The van der Waals surface area contributed by atoms with E-state index < -0.39 is 95.4 Å². The fourth-order valence-corrected chi connectivity index (χ4v) is 3.75. The Morgan fingerprint density at radius 3 is 1.87 bits per heavy atom. The average Bonchev–Trinajstić information content (AvgIpc) is 2.64. The molecule has 2 aliphatic rings. The summed E-state index contributed by atoms with van der Waals surface area (Å²) in [6, 6.07) is 0. The number of hydrogen-bond donors (Lipinski definition) is 8. The Bertz CT molecular complexity index is 798. The SMILES string of the molecule is O=S(=O)(O)OC[C@H]1O[C@@H](O)[C@H](O)[C@@H](OS(=O)(=O)O)[C@@H]1O[C@@H]1O[C@H](CO)[C@H](O)[C@H](O)[C@H]1O. The summed E-state index contributed by atoms with van der Waals surface area (Å²) >= 11 is 0. The van der Waals surface area contributed by atoms with Crippen LogP contribution >= 0.6 is 0 Å². The van der Waals surface area contributed by atoms with E-state index in [1.165, 1.54) is 0 Å². The van der Waals surface area contributed by atoms with Crippen molar-refractivity contribution in [1.82, 2.24) is 0 Å². The van der Waals surface area contributed by atoms with Gasteiger partial charge in [0.1, 0.15) is 48.8 Å². The minimum absolute atomic E-state index is 0.868. The summed E-state index contributed by atoms with van der Waals surface area (Å²) in [4.78, 5) is 0. The average molecular weight is 502 g/mol. The molecule has 2 heterocycles. The third-order valence-electron chi connectivity index (χ3n) is 4.39. The zero-order chi connectivity index (χ0) is 23.7. The van der Waals surface area contributed by atoms with E-state index in [4.69, 9.17) is 23.3 Å². The quantitative estimate of drug-likeness (QED) is 0.143. The summed E-state index contributed by atoms with van der Waals surface area (Å²) in [5, 5.41) is 58.6. The number of ether oxygens (including phenoxy) is 3. The van der Waals surface area contributed by atoms with E-state index in [9.17, 15) is 47.5 Å². The summed E-state index contributed by atoms with van der Waals surface area (Å²) in [5.74, 6) is 0. The van der Waals surface area contributed by atoms with Crippen molar-refractivity contribution >= 4 is 20.8 Å². The molecule has 19 heteroatoms. The molecule has 0 radical (unpaired) electrons. The van der Waals surface area contributed by atoms with Gasteiger partial charge in [-0.1, -0.05) is 0 Å². The minimum Gasteiger partial charge on any atom is -0.394 e. The standard InChI is InChI=1S/C12H22O17S2/c13-1-3-5(14)6(15)7(16)12(27-3)28-9-4(2-25-30(19,20)21)26-11(18)8(17)10(9)29-31(22,23)24/h3-18H,1-2H2,(H,19,20,21)(H,22,23,24)/t3-,4-,5+,6+,7-,8-,9-,10-,11-,12+/m1/s1. The highest BCUT2D eigenvalue weighted by atomic mass is 32.3. The second-order valence-corrected chi connectivity index (χ2v) is 8.69. The summed E-state index contributed by atoms with van der Waals surface area (Å²) in [7, 11) is -10.4. The van der Waals surface area contributed by atoms with Crippen LogP contribution in [0, 0.1) is 0 Å². The lowest BCUT2D eigenvalue weighted by Gasteiger charge is -2.45. The van der Waals surface area contributed by atoms with Gasteiger partial charge in [0.25, 0.3) is 0 Å². The normalized spacial score (nSPS) is 42.5. The highest BCUT2D eigenvalue weighted by Crippen LogP contribution is 2.31. The van der Waals surface area contributed by atoms with Crippen molar-refractivity contribution in [1.29, 1.82) is 0 Å². The molecule has 184 valence electrons. The molecule has 0 aromatic carbocycles. The first-order valence-corrected chi connectivity index (χ1v) is 11.1. The van der Waals surface area contributed by atoms with Crippen molar-refractivity contribution < 1.29 is 79.2 Å². The summed E-state index contributed by atoms with van der Waals surface area (Å²) in [6.07, 6.45) is -19.7. The first kappa shape index (κ1) is 26.6. The van der Waals surface area contributed by atoms with Crippen LogP contribution in [0.15, 0.2) is 0 Å². The molecule has 0 aromatic rings. The predicted molar refractivity (Wildman–Crippen MR) is 89.4 cm³/mol. The lowest BCUT2D eigenvalue weighted by Crippen LogP contribution is -2.65. The van der Waals surface area contributed by atoms with E-state index in [1.807, 2.05) is 0 Å². The highest BCUT2D eigenvalue weighted by Gasteiger charge is 2.52. The van der Waals surface area contributed by atoms with Gasteiger partial charge in [-0.15, -0.1) is 0 Å². The van der Waals surface area contributed by atoms with Gasteiger partial charge in [-0.3, -0.25) is 9.11 Å². The van der Waals surface area contributed by atoms with Gasteiger partial charge in [0.15, 0.2) is 12.6 Å². The van der Waals surface area contributed by atoms with Gasteiger partial charge in [0.2, 0.25) is 0 Å². The molecule has 2 rings (SSSR count). The summed E-state index contributed by atoms with van der Waals surface area (Å²) in [6.45, 7) is -2.02. The molecular formula is C12H22O17S2. The monoisotopic (exact) mass is 502 g/mol. The van der Waals surface area contributed by atoms with Gasteiger partial charge in [0, 0.05) is 0 Å². The van der Waals surface area contributed by atoms with Crippen LogP contribution in [0.2, 0.25) is 0 Å². The number of aliphatic hydroxyl groups excluding tert-OH is 6. The van der Waals surface area contributed by atoms with Crippen LogP contribution in [0.1, 0.15) is 0 Å². The molecular weight excluding hydrogens is 480 g/mol. The fraction of sp³-hybridized carbons (Fsp3) is 1.00. The van der Waals surface area contributed by atoms with Gasteiger partial charge in [0.05, 0.1) is 13.2 Å². The molecule has 0 aliphatic carbocycles. The van der Waals surface area contributed by atoms with Crippen LogP contribution in [-0.4, -0.2) is 131 Å². The van der Waals surface area contributed by atoms with Crippen LogP contribution < -0.4 is 0 Å². The molecule has 2 aliphatic heterocycles. The second-order valence-electron chi connectivity index (χ2n) is 6.55. The van der Waals surface area contributed by atoms with Crippen LogP contribution in [0.5, 0.6) is 0 Å².